The maximum Gasteiger partial charge on any atom is 0.144 e. The Morgan fingerprint density at radius 2 is 0.957 bits per heavy atom. The average molecular weight is 586 g/mol. The second-order valence-electron chi connectivity index (χ2n) is 12.0. The summed E-state index contributed by atoms with van der Waals surface area (Å²) in [6.07, 6.45) is 0. The van der Waals surface area contributed by atoms with Crippen molar-refractivity contribution in [2.45, 2.75) is 0 Å². The molecule has 2 heteroatoms. The van der Waals surface area contributed by atoms with E-state index in [2.05, 4.69) is 168 Å². The van der Waals surface area contributed by atoms with E-state index in [9.17, 15) is 0 Å². The van der Waals surface area contributed by atoms with Crippen molar-refractivity contribution in [3.63, 3.8) is 0 Å². The molecule has 0 unspecified atom stereocenters. The molecule has 2 aromatic heterocycles. The molecule has 0 radical (unpaired) electrons. The van der Waals surface area contributed by atoms with E-state index in [-0.39, 0.29) is 0 Å². The van der Waals surface area contributed by atoms with Crippen molar-refractivity contribution in [1.29, 1.82) is 0 Å². The number of benzene rings is 8. The Hall–Kier alpha value is -6.12. The van der Waals surface area contributed by atoms with Crippen molar-refractivity contribution in [3.8, 4) is 27.9 Å². The molecule has 0 N–H and O–H groups in total. The molecule has 0 aliphatic rings. The van der Waals surface area contributed by atoms with Crippen LogP contribution in [0.3, 0.4) is 0 Å². The highest BCUT2D eigenvalue weighted by Crippen LogP contribution is 2.50. The molecule has 0 bridgehead atoms. The Morgan fingerprint density at radius 3 is 1.80 bits per heavy atom. The van der Waals surface area contributed by atoms with Crippen molar-refractivity contribution >= 4 is 65.3 Å². The third kappa shape index (κ3) is 3.47. The first-order valence-electron chi connectivity index (χ1n) is 15.8. The number of hydrogen-bond donors (Lipinski definition) is 0. The largest absolute Gasteiger partial charge is 0.455 e. The van der Waals surface area contributed by atoms with Crippen molar-refractivity contribution in [2.75, 3.05) is 0 Å². The fraction of sp³-hybridized carbons (Fsp3) is 0. The van der Waals surface area contributed by atoms with E-state index in [1.165, 1.54) is 60.0 Å². The molecule has 0 saturated heterocycles. The van der Waals surface area contributed by atoms with Gasteiger partial charge in [0.1, 0.15) is 11.2 Å². The molecule has 0 fully saturated rings. The van der Waals surface area contributed by atoms with E-state index in [1.54, 1.807) is 0 Å². The maximum atomic E-state index is 6.97. The molecule has 46 heavy (non-hydrogen) atoms. The van der Waals surface area contributed by atoms with Crippen LogP contribution in [-0.4, -0.2) is 4.57 Å². The Kier molecular flexibility index (Phi) is 5.31. The second-order valence-corrected chi connectivity index (χ2v) is 12.0. The van der Waals surface area contributed by atoms with Crippen LogP contribution in [-0.2, 0) is 0 Å². The van der Waals surface area contributed by atoms with Gasteiger partial charge < -0.3 is 8.98 Å². The Labute approximate surface area is 265 Å². The molecule has 0 aliphatic carbocycles. The van der Waals surface area contributed by atoms with Gasteiger partial charge in [-0.3, -0.25) is 0 Å². The zero-order valence-electron chi connectivity index (χ0n) is 24.9. The van der Waals surface area contributed by atoms with E-state index in [1.807, 2.05) is 0 Å². The Morgan fingerprint density at radius 1 is 0.370 bits per heavy atom. The minimum Gasteiger partial charge on any atom is -0.455 e. The maximum absolute atomic E-state index is 6.97. The minimum atomic E-state index is 0.898. The summed E-state index contributed by atoms with van der Waals surface area (Å²) < 4.78 is 9.35. The van der Waals surface area contributed by atoms with Crippen LogP contribution in [0.2, 0.25) is 0 Å². The third-order valence-corrected chi connectivity index (χ3v) is 9.58. The molecule has 0 amide bonds. The molecule has 214 valence electrons. The van der Waals surface area contributed by atoms with Gasteiger partial charge in [0, 0.05) is 38.4 Å². The van der Waals surface area contributed by atoms with Gasteiger partial charge in [-0.2, -0.15) is 0 Å². The monoisotopic (exact) mass is 585 g/mol. The second kappa shape index (κ2) is 9.69. The van der Waals surface area contributed by atoms with E-state index in [0.717, 1.165) is 33.2 Å². The summed E-state index contributed by atoms with van der Waals surface area (Å²) >= 11 is 0. The number of hydrogen-bond acceptors (Lipinski definition) is 1. The third-order valence-electron chi connectivity index (χ3n) is 9.58. The van der Waals surface area contributed by atoms with Crippen LogP contribution in [0.5, 0.6) is 0 Å². The summed E-state index contributed by atoms with van der Waals surface area (Å²) in [6.45, 7) is 0. The lowest BCUT2D eigenvalue weighted by atomic mass is 9.85. The van der Waals surface area contributed by atoms with Crippen molar-refractivity contribution < 1.29 is 4.42 Å². The van der Waals surface area contributed by atoms with E-state index < -0.39 is 0 Å². The summed E-state index contributed by atoms with van der Waals surface area (Å²) in [6, 6.07) is 58.8. The smallest absolute Gasteiger partial charge is 0.144 e. The predicted octanol–water partition coefficient (Wildman–Crippen LogP) is 12.3. The zero-order chi connectivity index (χ0) is 30.2. The summed E-state index contributed by atoms with van der Waals surface area (Å²) in [5, 5.41) is 9.61. The van der Waals surface area contributed by atoms with E-state index >= 15 is 0 Å². The fourth-order valence-corrected chi connectivity index (χ4v) is 7.72. The van der Waals surface area contributed by atoms with E-state index in [4.69, 9.17) is 4.42 Å². The van der Waals surface area contributed by atoms with Crippen LogP contribution in [0.4, 0.5) is 0 Å². The van der Waals surface area contributed by atoms with Gasteiger partial charge in [-0.05, 0) is 63.0 Å². The van der Waals surface area contributed by atoms with Gasteiger partial charge in [0.15, 0.2) is 0 Å². The SMILES string of the molecule is c1ccc(-n2c3ccccc3c3c(-c4c5ccccc5c(-c5cccc6ccccc56)c5c4oc4ccccc45)cccc32)cc1. The number of nitrogens with zero attached hydrogens (tertiary/aromatic N) is 1. The van der Waals surface area contributed by atoms with Crippen LogP contribution < -0.4 is 0 Å². The van der Waals surface area contributed by atoms with Crippen molar-refractivity contribution in [2.24, 2.45) is 0 Å². The summed E-state index contributed by atoms with van der Waals surface area (Å²) in [4.78, 5) is 0. The molecule has 2 heterocycles. The molecule has 0 spiro atoms. The highest BCUT2D eigenvalue weighted by molar-refractivity contribution is 6.30. The summed E-state index contributed by atoms with van der Waals surface area (Å²) in [5.74, 6) is 0. The fourth-order valence-electron chi connectivity index (χ4n) is 7.72. The molecule has 0 saturated carbocycles. The van der Waals surface area contributed by atoms with Crippen LogP contribution in [0.25, 0.3) is 93.2 Å². The number of fused-ring (bicyclic) bond motifs is 8. The number of furan rings is 1. The van der Waals surface area contributed by atoms with Gasteiger partial charge in [-0.25, -0.2) is 0 Å². The standard InChI is InChI=1S/C44H27NO/c1-2-16-29(17-3-1)45-37-25-10-8-21-34(37)40-36(24-13-26-38(40)45)42-33-20-7-6-19-32(33)41(31-23-12-15-28-14-4-5-18-30(28)31)43-35-22-9-11-27-39(35)46-44(42)43/h1-27H. The quantitative estimate of drug-likeness (QED) is 0.202. The number of para-hydroxylation sites is 3. The normalized spacial score (nSPS) is 11.9. The van der Waals surface area contributed by atoms with Gasteiger partial charge >= 0.3 is 0 Å². The highest BCUT2D eigenvalue weighted by Gasteiger charge is 2.25. The zero-order valence-corrected chi connectivity index (χ0v) is 24.9. The van der Waals surface area contributed by atoms with Gasteiger partial charge in [0.05, 0.1) is 11.0 Å². The molecule has 2 nitrogen and oxygen atoms in total. The molecular formula is C44H27NO. The molecule has 10 rings (SSSR count). The highest BCUT2D eigenvalue weighted by atomic mass is 16.3. The number of rotatable bonds is 3. The molecule has 8 aromatic carbocycles. The topological polar surface area (TPSA) is 18.1 Å². The summed E-state index contributed by atoms with van der Waals surface area (Å²) in [7, 11) is 0. The molecule has 10 aromatic rings. The number of aromatic nitrogens is 1. The molecule has 0 atom stereocenters. The van der Waals surface area contributed by atoms with Gasteiger partial charge in [-0.1, -0.05) is 133 Å². The van der Waals surface area contributed by atoms with E-state index in [0.29, 0.717) is 0 Å². The first-order chi connectivity index (χ1) is 22.9. The van der Waals surface area contributed by atoms with Gasteiger partial charge in [0.2, 0.25) is 0 Å². The predicted molar refractivity (Wildman–Crippen MR) is 194 cm³/mol. The molecular weight excluding hydrogens is 558 g/mol. The van der Waals surface area contributed by atoms with Crippen LogP contribution >= 0.6 is 0 Å². The summed E-state index contributed by atoms with van der Waals surface area (Å²) in [5.41, 5.74) is 10.1. The van der Waals surface area contributed by atoms with Gasteiger partial charge in [-0.15, -0.1) is 0 Å². The van der Waals surface area contributed by atoms with Crippen molar-refractivity contribution in [3.05, 3.63) is 164 Å². The first kappa shape index (κ1) is 25.2. The van der Waals surface area contributed by atoms with Crippen LogP contribution in [0, 0.1) is 0 Å². The Balaban J connectivity index is 1.43. The van der Waals surface area contributed by atoms with Gasteiger partial charge in [0.25, 0.3) is 0 Å². The minimum absolute atomic E-state index is 0.898. The molecule has 0 aliphatic heterocycles. The lowest BCUT2D eigenvalue weighted by Gasteiger charge is -2.17. The lowest BCUT2D eigenvalue weighted by Crippen LogP contribution is -1.93. The average Bonchev–Trinajstić information content (AvgIpc) is 3.67. The van der Waals surface area contributed by atoms with Crippen LogP contribution in [0.1, 0.15) is 0 Å². The van der Waals surface area contributed by atoms with Crippen LogP contribution in [0.15, 0.2) is 168 Å². The van der Waals surface area contributed by atoms with Crippen molar-refractivity contribution in [1.82, 2.24) is 4.57 Å². The lowest BCUT2D eigenvalue weighted by molar-refractivity contribution is 0.670. The first-order valence-corrected chi connectivity index (χ1v) is 15.8. The Bertz CT molecular complexity index is 2790.